The normalized spacial score (nSPS) is 22.6. The quantitative estimate of drug-likeness (QED) is 0.243. The molecule has 49 heavy (non-hydrogen) atoms. The molecule has 0 aromatic heterocycles. The molecule has 4 N–H and O–H groups in total. The molecule has 3 aromatic carbocycles. The van der Waals surface area contributed by atoms with Gasteiger partial charge in [0.2, 0.25) is 18.6 Å². The number of rotatable bonds is 11. The Morgan fingerprint density at radius 2 is 1.71 bits per heavy atom. The number of carbonyl (C=O) groups excluding carboxylic acids is 2. The molecule has 0 saturated carbocycles. The monoisotopic (exact) mass is 670 g/mol. The summed E-state index contributed by atoms with van der Waals surface area (Å²) in [4.78, 5) is 32.1. The van der Waals surface area contributed by atoms with Gasteiger partial charge in [-0.2, -0.15) is 0 Å². The SMILES string of the molecule is C[C@H](c1ccccc1)[C@H](C[C@H](O)CN1CCN(Cc2ccc3c(c2)OCO3)C[C@H]1C(=O)NC(C)(C)C)C(=O)N[C@H]1c2ccccc2C[C@H]1O. The lowest BCUT2D eigenvalue weighted by Gasteiger charge is -2.42. The van der Waals surface area contributed by atoms with Gasteiger partial charge >= 0.3 is 0 Å². The van der Waals surface area contributed by atoms with Gasteiger partial charge in [-0.1, -0.05) is 67.6 Å². The molecule has 10 heteroatoms. The molecule has 0 bridgehead atoms. The largest absolute Gasteiger partial charge is 0.454 e. The van der Waals surface area contributed by atoms with E-state index in [1.165, 1.54) is 0 Å². The number of hydrogen-bond donors (Lipinski definition) is 4. The minimum Gasteiger partial charge on any atom is -0.454 e. The molecule has 262 valence electrons. The number of hydrogen-bond acceptors (Lipinski definition) is 8. The summed E-state index contributed by atoms with van der Waals surface area (Å²) in [5.41, 5.74) is 3.62. The van der Waals surface area contributed by atoms with Crippen LogP contribution >= 0.6 is 0 Å². The van der Waals surface area contributed by atoms with Crippen molar-refractivity contribution in [2.45, 2.75) is 82.8 Å². The van der Waals surface area contributed by atoms with Crippen molar-refractivity contribution in [2.24, 2.45) is 5.92 Å². The van der Waals surface area contributed by atoms with Gasteiger partial charge < -0.3 is 30.3 Å². The highest BCUT2D eigenvalue weighted by molar-refractivity contribution is 5.83. The third-order valence-corrected chi connectivity index (χ3v) is 9.96. The molecule has 2 heterocycles. The highest BCUT2D eigenvalue weighted by Gasteiger charge is 2.38. The standard InChI is InChI=1S/C39H50N4O6/c1-25(27-10-6-5-7-11-27)31(37(46)40-36-30-13-9-8-12-28(30)19-33(36)45)20-29(44)22-43-17-16-42(23-32(43)38(47)41-39(2,3)4)21-26-14-15-34-35(18-26)49-24-48-34/h5-15,18,25,29,31-33,36,44-45H,16-17,19-24H2,1-4H3,(H,40,46)(H,41,47)/t25-,29+,31+,32+,33-,36+/m1/s1. The summed E-state index contributed by atoms with van der Waals surface area (Å²) < 4.78 is 11.0. The maximum Gasteiger partial charge on any atom is 0.239 e. The Hall–Kier alpha value is -3.96. The van der Waals surface area contributed by atoms with Crippen LogP contribution in [0.2, 0.25) is 0 Å². The number of β-amino-alcohol motifs (C(OH)–C–C–N with tert-alkyl or cyclic N) is 1. The fraction of sp³-hybridized carbons (Fsp3) is 0.487. The minimum atomic E-state index is -0.868. The fourth-order valence-electron chi connectivity index (χ4n) is 7.41. The molecule has 1 aliphatic carbocycles. The molecule has 2 amide bonds. The molecule has 0 spiro atoms. The zero-order chi connectivity index (χ0) is 34.7. The van der Waals surface area contributed by atoms with Crippen molar-refractivity contribution in [3.8, 4) is 11.5 Å². The molecule has 0 radical (unpaired) electrons. The number of carbonyl (C=O) groups is 2. The van der Waals surface area contributed by atoms with E-state index in [4.69, 9.17) is 9.47 Å². The van der Waals surface area contributed by atoms with Gasteiger partial charge in [-0.15, -0.1) is 0 Å². The van der Waals surface area contributed by atoms with Gasteiger partial charge in [-0.25, -0.2) is 0 Å². The first kappa shape index (κ1) is 34.9. The maximum atomic E-state index is 14.1. The van der Waals surface area contributed by atoms with Crippen molar-refractivity contribution in [2.75, 3.05) is 33.0 Å². The molecule has 1 saturated heterocycles. The van der Waals surface area contributed by atoms with E-state index >= 15 is 0 Å². The van der Waals surface area contributed by atoms with Crippen molar-refractivity contribution in [1.82, 2.24) is 20.4 Å². The van der Waals surface area contributed by atoms with Gasteiger partial charge in [0.15, 0.2) is 11.5 Å². The van der Waals surface area contributed by atoms with E-state index in [1.807, 2.05) is 100 Å². The number of ether oxygens (including phenoxy) is 2. The second kappa shape index (κ2) is 14.9. The summed E-state index contributed by atoms with van der Waals surface area (Å²) >= 11 is 0. The Kier molecular flexibility index (Phi) is 10.6. The molecule has 3 aliphatic rings. The molecule has 6 rings (SSSR count). The Labute approximate surface area is 289 Å². The predicted octanol–water partition coefficient (Wildman–Crippen LogP) is 3.76. The lowest BCUT2D eigenvalue weighted by Crippen LogP contribution is -2.62. The van der Waals surface area contributed by atoms with Crippen LogP contribution in [0.4, 0.5) is 0 Å². The zero-order valence-electron chi connectivity index (χ0n) is 29.0. The molecule has 2 aliphatic heterocycles. The third-order valence-electron chi connectivity index (χ3n) is 9.96. The van der Waals surface area contributed by atoms with Crippen LogP contribution in [0.15, 0.2) is 72.8 Å². The highest BCUT2D eigenvalue weighted by Crippen LogP contribution is 2.35. The average molecular weight is 671 g/mol. The second-order valence-electron chi connectivity index (χ2n) is 14.8. The lowest BCUT2D eigenvalue weighted by molar-refractivity contribution is -0.132. The summed E-state index contributed by atoms with van der Waals surface area (Å²) in [5.74, 6) is 0.427. The number of fused-ring (bicyclic) bond motifs is 2. The van der Waals surface area contributed by atoms with Gasteiger partial charge in [-0.05, 0) is 67.5 Å². The van der Waals surface area contributed by atoms with Crippen LogP contribution in [0.3, 0.4) is 0 Å². The first-order valence-electron chi connectivity index (χ1n) is 17.4. The number of amides is 2. The molecular formula is C39H50N4O6. The van der Waals surface area contributed by atoms with Crippen molar-refractivity contribution in [3.63, 3.8) is 0 Å². The molecule has 10 nitrogen and oxygen atoms in total. The van der Waals surface area contributed by atoms with Gasteiger partial charge in [0.1, 0.15) is 6.04 Å². The van der Waals surface area contributed by atoms with Crippen LogP contribution in [0.1, 0.15) is 68.3 Å². The van der Waals surface area contributed by atoms with Crippen molar-refractivity contribution in [1.29, 1.82) is 0 Å². The van der Waals surface area contributed by atoms with Crippen LogP contribution in [0.25, 0.3) is 0 Å². The summed E-state index contributed by atoms with van der Waals surface area (Å²) in [7, 11) is 0. The van der Waals surface area contributed by atoms with Crippen molar-refractivity contribution < 1.29 is 29.3 Å². The van der Waals surface area contributed by atoms with E-state index in [-0.39, 0.29) is 37.5 Å². The van der Waals surface area contributed by atoms with Crippen LogP contribution < -0.4 is 20.1 Å². The first-order valence-corrected chi connectivity index (χ1v) is 17.4. The zero-order valence-corrected chi connectivity index (χ0v) is 29.0. The van der Waals surface area contributed by atoms with Gasteiger partial charge in [0, 0.05) is 50.6 Å². The Morgan fingerprint density at radius 3 is 2.49 bits per heavy atom. The Morgan fingerprint density at radius 1 is 0.980 bits per heavy atom. The average Bonchev–Trinajstić information content (AvgIpc) is 3.67. The van der Waals surface area contributed by atoms with Crippen molar-refractivity contribution >= 4 is 11.8 Å². The number of nitrogens with one attached hydrogen (secondary N) is 2. The fourth-order valence-corrected chi connectivity index (χ4v) is 7.41. The van der Waals surface area contributed by atoms with E-state index in [0.29, 0.717) is 32.6 Å². The van der Waals surface area contributed by atoms with E-state index in [2.05, 4.69) is 20.4 Å². The summed E-state index contributed by atoms with van der Waals surface area (Å²) in [6.07, 6.45) is -0.887. The first-order chi connectivity index (χ1) is 23.4. The number of aliphatic hydroxyl groups excluding tert-OH is 2. The van der Waals surface area contributed by atoms with E-state index < -0.39 is 35.7 Å². The van der Waals surface area contributed by atoms with Crippen LogP contribution in [0.5, 0.6) is 11.5 Å². The van der Waals surface area contributed by atoms with Gasteiger partial charge in [0.05, 0.1) is 18.2 Å². The van der Waals surface area contributed by atoms with Crippen molar-refractivity contribution in [3.05, 3.63) is 95.1 Å². The van der Waals surface area contributed by atoms with Crippen LogP contribution in [-0.2, 0) is 22.6 Å². The smallest absolute Gasteiger partial charge is 0.239 e. The number of benzene rings is 3. The van der Waals surface area contributed by atoms with Gasteiger partial charge in [0.25, 0.3) is 0 Å². The van der Waals surface area contributed by atoms with Crippen LogP contribution in [0, 0.1) is 5.92 Å². The summed E-state index contributed by atoms with van der Waals surface area (Å²) in [6.45, 7) is 10.8. The number of nitrogens with zero attached hydrogens (tertiary/aromatic N) is 2. The second-order valence-corrected chi connectivity index (χ2v) is 14.8. The van der Waals surface area contributed by atoms with E-state index in [1.54, 1.807) is 0 Å². The predicted molar refractivity (Wildman–Crippen MR) is 187 cm³/mol. The summed E-state index contributed by atoms with van der Waals surface area (Å²) in [6, 6.07) is 22.6. The number of aliphatic hydroxyl groups is 2. The van der Waals surface area contributed by atoms with E-state index in [9.17, 15) is 19.8 Å². The molecule has 1 fully saturated rings. The van der Waals surface area contributed by atoms with Crippen LogP contribution in [-0.4, -0.2) is 88.6 Å². The molecular weight excluding hydrogens is 620 g/mol. The third kappa shape index (κ3) is 8.44. The van der Waals surface area contributed by atoms with Gasteiger partial charge in [-0.3, -0.25) is 19.4 Å². The lowest BCUT2D eigenvalue weighted by atomic mass is 9.82. The Bertz CT molecular complexity index is 1610. The molecule has 0 unspecified atom stereocenters. The number of piperazine rings is 1. The Balaban J connectivity index is 1.17. The highest BCUT2D eigenvalue weighted by atomic mass is 16.7. The maximum absolute atomic E-state index is 14.1. The summed E-state index contributed by atoms with van der Waals surface area (Å²) in [5, 5.41) is 28.8. The topological polar surface area (TPSA) is 124 Å². The minimum absolute atomic E-state index is 0.0871. The molecule has 6 atom stereocenters. The molecule has 3 aromatic rings. The van der Waals surface area contributed by atoms with E-state index in [0.717, 1.165) is 33.8 Å².